The van der Waals surface area contributed by atoms with E-state index in [0.29, 0.717) is 0 Å². The van der Waals surface area contributed by atoms with Gasteiger partial charge in [0.25, 0.3) is 0 Å². The lowest BCUT2D eigenvalue weighted by Crippen LogP contribution is -2.45. The quantitative estimate of drug-likeness (QED) is 0.771. The molecule has 2 saturated heterocycles. The van der Waals surface area contributed by atoms with E-state index in [-0.39, 0.29) is 0 Å². The normalized spacial score (nSPS) is 24.2. The molecule has 3 rings (SSSR count). The van der Waals surface area contributed by atoms with Gasteiger partial charge in [-0.25, -0.2) is 10.0 Å². The second-order valence-corrected chi connectivity index (χ2v) is 5.30. The smallest absolute Gasteiger partial charge is 0.0139 e. The maximum atomic E-state index is 2.59. The average molecular weight is 230 g/mol. The Labute approximate surface area is 104 Å². The minimum absolute atomic E-state index is 0.787. The van der Waals surface area contributed by atoms with Crippen molar-refractivity contribution >= 4 is 0 Å². The molecule has 0 unspecified atom stereocenters. The summed E-state index contributed by atoms with van der Waals surface area (Å²) in [5.74, 6) is 0.787. The van der Waals surface area contributed by atoms with Crippen LogP contribution in [0.3, 0.4) is 0 Å². The monoisotopic (exact) mass is 230 g/mol. The van der Waals surface area contributed by atoms with Crippen LogP contribution in [-0.2, 0) is 0 Å². The second kappa shape index (κ2) is 5.19. The summed E-state index contributed by atoms with van der Waals surface area (Å²) >= 11 is 0. The molecule has 1 aromatic carbocycles. The van der Waals surface area contributed by atoms with Crippen LogP contribution >= 0.6 is 0 Å². The Kier molecular flexibility index (Phi) is 3.44. The van der Waals surface area contributed by atoms with E-state index in [4.69, 9.17) is 0 Å². The summed E-state index contributed by atoms with van der Waals surface area (Å²) in [6, 6.07) is 11.0. The lowest BCUT2D eigenvalue weighted by molar-refractivity contribution is -0.0231. The van der Waals surface area contributed by atoms with Gasteiger partial charge in [0, 0.05) is 26.2 Å². The van der Waals surface area contributed by atoms with E-state index < -0.39 is 0 Å². The van der Waals surface area contributed by atoms with Crippen molar-refractivity contribution in [1.29, 1.82) is 0 Å². The summed E-state index contributed by atoms with van der Waals surface area (Å²) in [5, 5.41) is 5.16. The number of hydrogen-bond acceptors (Lipinski definition) is 2. The molecule has 2 heterocycles. The van der Waals surface area contributed by atoms with Crippen molar-refractivity contribution < 1.29 is 0 Å². The predicted octanol–water partition coefficient (Wildman–Crippen LogP) is 2.88. The summed E-state index contributed by atoms with van der Waals surface area (Å²) < 4.78 is 0. The van der Waals surface area contributed by atoms with Gasteiger partial charge in [0.2, 0.25) is 0 Å². The lowest BCUT2D eigenvalue weighted by atomic mass is 9.90. The highest BCUT2D eigenvalue weighted by Crippen LogP contribution is 2.29. The number of rotatable bonds is 2. The molecular weight excluding hydrogens is 208 g/mol. The van der Waals surface area contributed by atoms with E-state index >= 15 is 0 Å². The number of hydrogen-bond donors (Lipinski definition) is 0. The van der Waals surface area contributed by atoms with E-state index in [0.717, 1.165) is 5.92 Å². The Hall–Kier alpha value is -0.860. The molecule has 2 aliphatic heterocycles. The summed E-state index contributed by atoms with van der Waals surface area (Å²) in [5.41, 5.74) is 1.54. The van der Waals surface area contributed by atoms with E-state index in [1.165, 1.54) is 57.4 Å². The highest BCUT2D eigenvalue weighted by atomic mass is 15.6. The minimum Gasteiger partial charge on any atom is -0.242 e. The van der Waals surface area contributed by atoms with Crippen molar-refractivity contribution in [3.05, 3.63) is 35.9 Å². The predicted molar refractivity (Wildman–Crippen MR) is 70.8 cm³/mol. The SMILES string of the molecule is c1ccc(C2CCN(N3CCCC3)CC2)cc1. The van der Waals surface area contributed by atoms with Crippen LogP contribution in [0.5, 0.6) is 0 Å². The highest BCUT2D eigenvalue weighted by Gasteiger charge is 2.25. The van der Waals surface area contributed by atoms with Gasteiger partial charge in [-0.15, -0.1) is 0 Å². The fourth-order valence-electron chi connectivity index (χ4n) is 3.19. The molecule has 2 aliphatic rings. The molecule has 92 valence electrons. The van der Waals surface area contributed by atoms with Crippen molar-refractivity contribution in [2.75, 3.05) is 26.2 Å². The highest BCUT2D eigenvalue weighted by molar-refractivity contribution is 5.19. The Morgan fingerprint density at radius 2 is 1.35 bits per heavy atom. The maximum absolute atomic E-state index is 2.59. The molecule has 2 heteroatoms. The van der Waals surface area contributed by atoms with Gasteiger partial charge in [0.15, 0.2) is 0 Å². The first kappa shape index (κ1) is 11.2. The molecule has 0 saturated carbocycles. The molecule has 0 aliphatic carbocycles. The lowest BCUT2D eigenvalue weighted by Gasteiger charge is -2.37. The third kappa shape index (κ3) is 2.53. The summed E-state index contributed by atoms with van der Waals surface area (Å²) in [7, 11) is 0. The van der Waals surface area contributed by atoms with Gasteiger partial charge in [-0.1, -0.05) is 30.3 Å². The van der Waals surface area contributed by atoms with Crippen molar-refractivity contribution in [2.24, 2.45) is 0 Å². The first-order valence-corrected chi connectivity index (χ1v) is 6.98. The Balaban J connectivity index is 1.57. The third-order valence-corrected chi connectivity index (χ3v) is 4.22. The largest absolute Gasteiger partial charge is 0.242 e. The van der Waals surface area contributed by atoms with Crippen molar-refractivity contribution in [3.63, 3.8) is 0 Å². The first-order chi connectivity index (χ1) is 8.43. The Morgan fingerprint density at radius 1 is 0.765 bits per heavy atom. The van der Waals surface area contributed by atoms with Crippen LogP contribution in [0, 0.1) is 0 Å². The van der Waals surface area contributed by atoms with Crippen LogP contribution < -0.4 is 0 Å². The molecule has 0 spiro atoms. The molecule has 2 nitrogen and oxygen atoms in total. The van der Waals surface area contributed by atoms with Gasteiger partial charge in [0.1, 0.15) is 0 Å². The number of nitrogens with zero attached hydrogens (tertiary/aromatic N) is 2. The summed E-state index contributed by atoms with van der Waals surface area (Å²) in [6.07, 6.45) is 5.41. The maximum Gasteiger partial charge on any atom is 0.0139 e. The standard InChI is InChI=1S/C15H22N2/c1-2-6-14(7-3-1)15-8-12-17(13-9-15)16-10-4-5-11-16/h1-3,6-7,15H,4-5,8-13H2. The fourth-order valence-corrected chi connectivity index (χ4v) is 3.19. The van der Waals surface area contributed by atoms with Gasteiger partial charge in [-0.3, -0.25) is 0 Å². The minimum atomic E-state index is 0.787. The number of benzene rings is 1. The average Bonchev–Trinajstić information content (AvgIpc) is 2.94. The van der Waals surface area contributed by atoms with Gasteiger partial charge >= 0.3 is 0 Å². The molecular formula is C15H22N2. The van der Waals surface area contributed by atoms with Crippen LogP contribution in [0.2, 0.25) is 0 Å². The Morgan fingerprint density at radius 3 is 2.00 bits per heavy atom. The molecule has 0 radical (unpaired) electrons. The zero-order chi connectivity index (χ0) is 11.5. The van der Waals surface area contributed by atoms with E-state index in [1.54, 1.807) is 0 Å². The van der Waals surface area contributed by atoms with Gasteiger partial charge < -0.3 is 0 Å². The molecule has 17 heavy (non-hydrogen) atoms. The zero-order valence-electron chi connectivity index (χ0n) is 10.5. The number of piperidine rings is 1. The van der Waals surface area contributed by atoms with Crippen LogP contribution in [0.1, 0.15) is 37.2 Å². The van der Waals surface area contributed by atoms with E-state index in [1.807, 2.05) is 0 Å². The van der Waals surface area contributed by atoms with Crippen molar-refractivity contribution in [2.45, 2.75) is 31.6 Å². The molecule has 1 aromatic rings. The molecule has 2 fully saturated rings. The van der Waals surface area contributed by atoms with Gasteiger partial charge in [-0.05, 0) is 37.2 Å². The van der Waals surface area contributed by atoms with Crippen LogP contribution in [0.4, 0.5) is 0 Å². The van der Waals surface area contributed by atoms with E-state index in [2.05, 4.69) is 40.3 Å². The van der Waals surface area contributed by atoms with Crippen LogP contribution in [-0.4, -0.2) is 36.2 Å². The third-order valence-electron chi connectivity index (χ3n) is 4.22. The van der Waals surface area contributed by atoms with E-state index in [9.17, 15) is 0 Å². The van der Waals surface area contributed by atoms with Gasteiger partial charge in [0.05, 0.1) is 0 Å². The Bertz CT molecular complexity index is 335. The molecule has 0 amide bonds. The van der Waals surface area contributed by atoms with Crippen molar-refractivity contribution in [3.8, 4) is 0 Å². The van der Waals surface area contributed by atoms with Gasteiger partial charge in [-0.2, -0.15) is 0 Å². The zero-order valence-corrected chi connectivity index (χ0v) is 10.5. The van der Waals surface area contributed by atoms with Crippen LogP contribution in [0.25, 0.3) is 0 Å². The molecule has 0 bridgehead atoms. The topological polar surface area (TPSA) is 6.48 Å². The molecule has 0 aromatic heterocycles. The summed E-state index contributed by atoms with van der Waals surface area (Å²) in [4.78, 5) is 0. The fraction of sp³-hybridized carbons (Fsp3) is 0.600. The molecule has 0 atom stereocenters. The summed E-state index contributed by atoms with van der Waals surface area (Å²) in [6.45, 7) is 5.07. The second-order valence-electron chi connectivity index (χ2n) is 5.30. The van der Waals surface area contributed by atoms with Crippen molar-refractivity contribution in [1.82, 2.24) is 10.0 Å². The van der Waals surface area contributed by atoms with Crippen LogP contribution in [0.15, 0.2) is 30.3 Å². The first-order valence-electron chi connectivity index (χ1n) is 6.98. The molecule has 0 N–H and O–H groups in total. The number of hydrazine groups is 1.